The molecule has 0 atom stereocenters. The van der Waals surface area contributed by atoms with Crippen LogP contribution in [-0.4, -0.2) is 89.3 Å². The third-order valence-electron chi connectivity index (χ3n) is 2.90. The summed E-state index contributed by atoms with van der Waals surface area (Å²) in [4.78, 5) is 12.3. The zero-order chi connectivity index (χ0) is 14.7. The minimum atomic E-state index is -0.481. The average Bonchev–Trinajstić information content (AvgIpc) is 2.46. The second-order valence-corrected chi connectivity index (χ2v) is 4.10. The van der Waals surface area contributed by atoms with Crippen LogP contribution in [0, 0.1) is 0 Å². The first-order chi connectivity index (χ1) is 9.56. The van der Waals surface area contributed by atoms with Crippen molar-refractivity contribution in [3.8, 4) is 23.0 Å². The molecule has 5 nitrogen and oxygen atoms in total. The van der Waals surface area contributed by atoms with Gasteiger partial charge >= 0.3 is 0 Å². The first-order valence-electron chi connectivity index (χ1n) is 5.85. The van der Waals surface area contributed by atoms with Crippen molar-refractivity contribution in [3.05, 3.63) is 47.5 Å². The summed E-state index contributed by atoms with van der Waals surface area (Å²) < 4.78 is 9.90. The van der Waals surface area contributed by atoms with Gasteiger partial charge in [0.15, 0.2) is 5.78 Å². The number of benzene rings is 2. The molecule has 22 heavy (non-hydrogen) atoms. The molecule has 2 rings (SSSR count). The zero-order valence-corrected chi connectivity index (χ0v) is 17.1. The van der Waals surface area contributed by atoms with Gasteiger partial charge in [0.25, 0.3) is 0 Å². The summed E-state index contributed by atoms with van der Waals surface area (Å²) in [5.74, 6) is -0.00421. The Labute approximate surface area is 172 Å². The van der Waals surface area contributed by atoms with E-state index in [1.807, 2.05) is 0 Å². The number of methoxy groups -OCH3 is 2. The topological polar surface area (TPSA) is 76.0 Å². The van der Waals surface area contributed by atoms with Crippen LogP contribution in [0.25, 0.3) is 0 Å². The van der Waals surface area contributed by atoms with E-state index in [9.17, 15) is 15.0 Å². The van der Waals surface area contributed by atoms with Gasteiger partial charge in [-0.25, -0.2) is 0 Å². The summed E-state index contributed by atoms with van der Waals surface area (Å²) in [7, 11) is 2.93. The number of rotatable bonds is 4. The Bertz CT molecular complexity index is 603. The van der Waals surface area contributed by atoms with Gasteiger partial charge in [0.1, 0.15) is 23.0 Å². The first-order valence-corrected chi connectivity index (χ1v) is 5.85. The molecule has 0 aliphatic carbocycles. The molecule has 0 heterocycles. The van der Waals surface area contributed by atoms with E-state index >= 15 is 0 Å². The quantitative estimate of drug-likeness (QED) is 0.661. The van der Waals surface area contributed by atoms with Crippen molar-refractivity contribution in [1.82, 2.24) is 0 Å². The molecule has 0 amide bonds. The summed E-state index contributed by atoms with van der Waals surface area (Å²) in [6, 6.07) is 8.70. The second-order valence-electron chi connectivity index (χ2n) is 4.10. The fraction of sp³-hybridized carbons (Fsp3) is 0.133. The van der Waals surface area contributed by atoms with Crippen LogP contribution < -0.4 is 9.47 Å². The predicted octanol–water partition coefficient (Wildman–Crippen LogP) is 1.58. The molecule has 0 spiro atoms. The van der Waals surface area contributed by atoms with E-state index < -0.39 is 5.78 Å². The third-order valence-corrected chi connectivity index (χ3v) is 2.90. The number of carbonyl (C=O) groups excluding carboxylic acids is 1. The van der Waals surface area contributed by atoms with Gasteiger partial charge in [-0.3, -0.25) is 4.79 Å². The third kappa shape index (κ3) is 4.65. The molecule has 0 fully saturated rings. The molecule has 0 aliphatic rings. The summed E-state index contributed by atoms with van der Waals surface area (Å²) in [6.45, 7) is 0. The molecule has 2 aromatic rings. The Morgan fingerprint density at radius 2 is 1.18 bits per heavy atom. The molecule has 0 aromatic heterocycles. The fourth-order valence-electron chi connectivity index (χ4n) is 1.81. The molecule has 2 N–H and O–H groups in total. The van der Waals surface area contributed by atoms with Crippen molar-refractivity contribution in [2.75, 3.05) is 14.2 Å². The van der Waals surface area contributed by atoms with Crippen molar-refractivity contribution in [3.63, 3.8) is 0 Å². The molecular weight excluding hydrogens is 306 g/mol. The molecule has 0 bridgehead atoms. The number of ketones is 1. The van der Waals surface area contributed by atoms with Crippen molar-refractivity contribution in [1.29, 1.82) is 0 Å². The summed E-state index contributed by atoms with van der Waals surface area (Å²) >= 11 is 0. The van der Waals surface area contributed by atoms with Crippen LogP contribution >= 0.6 is 0 Å². The molecular formula is C15H14Na2O5. The van der Waals surface area contributed by atoms with Crippen molar-refractivity contribution in [2.24, 2.45) is 0 Å². The van der Waals surface area contributed by atoms with Crippen molar-refractivity contribution >= 4 is 64.9 Å². The number of ether oxygens (including phenoxy) is 2. The molecule has 0 saturated carbocycles. The number of phenols is 2. The van der Waals surface area contributed by atoms with Gasteiger partial charge in [0, 0.05) is 71.2 Å². The van der Waals surface area contributed by atoms with Crippen molar-refractivity contribution < 1.29 is 24.5 Å². The van der Waals surface area contributed by atoms with E-state index in [0.29, 0.717) is 11.5 Å². The smallest absolute Gasteiger partial charge is 0.200 e. The molecule has 2 radical (unpaired) electrons. The minimum Gasteiger partial charge on any atom is -0.507 e. The number of aromatic hydroxyl groups is 2. The Morgan fingerprint density at radius 3 is 1.45 bits per heavy atom. The minimum absolute atomic E-state index is 0. The van der Waals surface area contributed by atoms with Gasteiger partial charge in [-0.2, -0.15) is 0 Å². The van der Waals surface area contributed by atoms with E-state index in [1.54, 1.807) is 12.1 Å². The molecule has 0 saturated heterocycles. The van der Waals surface area contributed by atoms with Gasteiger partial charge in [-0.05, 0) is 24.3 Å². The maximum Gasteiger partial charge on any atom is 0.200 e. The van der Waals surface area contributed by atoms with Crippen LogP contribution in [0.2, 0.25) is 0 Å². The van der Waals surface area contributed by atoms with Crippen LogP contribution in [0.4, 0.5) is 0 Å². The number of phenolic OH excluding ortho intramolecular Hbond substituents is 2. The van der Waals surface area contributed by atoms with Gasteiger partial charge in [-0.1, -0.05) is 0 Å². The normalized spacial score (nSPS) is 9.18. The van der Waals surface area contributed by atoms with Gasteiger partial charge in [0.2, 0.25) is 0 Å². The summed E-state index contributed by atoms with van der Waals surface area (Å²) in [6.07, 6.45) is 0. The van der Waals surface area contributed by atoms with Crippen LogP contribution in [0.1, 0.15) is 15.9 Å². The Balaban J connectivity index is 0.00000220. The Hall–Kier alpha value is -0.690. The second kappa shape index (κ2) is 9.45. The Kier molecular flexibility index (Phi) is 9.15. The number of hydrogen-bond donors (Lipinski definition) is 2. The predicted molar refractivity (Wildman–Crippen MR) is 84.3 cm³/mol. The molecule has 0 unspecified atom stereocenters. The summed E-state index contributed by atoms with van der Waals surface area (Å²) in [5, 5.41) is 19.7. The monoisotopic (exact) mass is 320 g/mol. The largest absolute Gasteiger partial charge is 0.507 e. The van der Waals surface area contributed by atoms with Crippen LogP contribution in [0.3, 0.4) is 0 Å². The van der Waals surface area contributed by atoms with Crippen LogP contribution in [0.15, 0.2) is 36.4 Å². The van der Waals surface area contributed by atoms with E-state index in [2.05, 4.69) is 0 Å². The zero-order valence-electron chi connectivity index (χ0n) is 13.1. The summed E-state index contributed by atoms with van der Waals surface area (Å²) in [5.41, 5.74) is 0.178. The fourth-order valence-corrected chi connectivity index (χ4v) is 1.81. The first kappa shape index (κ1) is 21.3. The molecule has 2 aromatic carbocycles. The number of hydrogen-bond acceptors (Lipinski definition) is 5. The van der Waals surface area contributed by atoms with Gasteiger partial charge in [-0.15, -0.1) is 0 Å². The van der Waals surface area contributed by atoms with Gasteiger partial charge < -0.3 is 19.7 Å². The molecule has 0 aliphatic heterocycles. The van der Waals surface area contributed by atoms with E-state index in [4.69, 9.17) is 9.47 Å². The maximum atomic E-state index is 12.3. The SMILES string of the molecule is COc1ccc(C(=O)c2ccc(OC)cc2O)c(O)c1.[Na].[Na]. The maximum absolute atomic E-state index is 12.3. The molecule has 7 heteroatoms. The van der Waals surface area contributed by atoms with E-state index in [-0.39, 0.29) is 81.7 Å². The van der Waals surface area contributed by atoms with Crippen molar-refractivity contribution in [2.45, 2.75) is 0 Å². The van der Waals surface area contributed by atoms with Gasteiger partial charge in [0.05, 0.1) is 25.3 Å². The average molecular weight is 320 g/mol. The Morgan fingerprint density at radius 1 is 0.818 bits per heavy atom. The van der Waals surface area contributed by atoms with Crippen LogP contribution in [0.5, 0.6) is 23.0 Å². The van der Waals surface area contributed by atoms with E-state index in [1.165, 1.54) is 38.5 Å². The standard InChI is InChI=1S/C15H14O5.2Na/c1-19-9-3-5-11(13(16)7-9)15(18)12-6-4-10(20-2)8-14(12)17;;/h3-8,16-17H,1-2H3;;. The van der Waals surface area contributed by atoms with Crippen LogP contribution in [-0.2, 0) is 0 Å². The number of carbonyl (C=O) groups is 1. The molecule has 106 valence electrons. The van der Waals surface area contributed by atoms with E-state index in [0.717, 1.165) is 0 Å².